The van der Waals surface area contributed by atoms with E-state index in [-0.39, 0.29) is 11.8 Å². The molecule has 0 heterocycles. The third-order valence-electron chi connectivity index (χ3n) is 3.66. The van der Waals surface area contributed by atoms with Gasteiger partial charge in [0.05, 0.1) is 0 Å². The van der Waals surface area contributed by atoms with Crippen LogP contribution >= 0.6 is 0 Å². The molecule has 1 aliphatic rings. The molecule has 0 atom stereocenters. The molecule has 0 radical (unpaired) electrons. The lowest BCUT2D eigenvalue weighted by molar-refractivity contribution is -0.134. The van der Waals surface area contributed by atoms with Crippen LogP contribution < -0.4 is 10.6 Å². The normalized spacial score (nSPS) is 15.8. The van der Waals surface area contributed by atoms with Gasteiger partial charge in [0, 0.05) is 12.2 Å². The standard InChI is InChI=1S/C16H22N2O2/c1-12(2)8-11-17-14(19)16(9-10-16)15(20)18-13-6-4-3-5-7-13/h3-7,12H,8-11H2,1-2H3,(H,17,19)(H,18,20). The van der Waals surface area contributed by atoms with E-state index in [0.717, 1.165) is 12.1 Å². The molecular weight excluding hydrogens is 252 g/mol. The molecule has 4 nitrogen and oxygen atoms in total. The van der Waals surface area contributed by atoms with Gasteiger partial charge in [0.25, 0.3) is 0 Å². The quantitative estimate of drug-likeness (QED) is 0.783. The molecule has 0 saturated heterocycles. The fourth-order valence-electron chi connectivity index (χ4n) is 2.10. The van der Waals surface area contributed by atoms with Crippen molar-refractivity contribution in [2.75, 3.05) is 11.9 Å². The lowest BCUT2D eigenvalue weighted by Gasteiger charge is -2.16. The number of benzene rings is 1. The Morgan fingerprint density at radius 2 is 1.80 bits per heavy atom. The van der Waals surface area contributed by atoms with Gasteiger partial charge in [0.15, 0.2) is 0 Å². The second-order valence-electron chi connectivity index (χ2n) is 5.84. The summed E-state index contributed by atoms with van der Waals surface area (Å²) in [5.74, 6) is 0.223. The molecule has 1 saturated carbocycles. The van der Waals surface area contributed by atoms with Crippen molar-refractivity contribution >= 4 is 17.5 Å². The summed E-state index contributed by atoms with van der Waals surface area (Å²) in [6, 6.07) is 9.26. The van der Waals surface area contributed by atoms with Gasteiger partial charge in [0.1, 0.15) is 5.41 Å². The zero-order chi connectivity index (χ0) is 14.6. The van der Waals surface area contributed by atoms with Gasteiger partial charge in [-0.25, -0.2) is 0 Å². The fourth-order valence-corrected chi connectivity index (χ4v) is 2.10. The third-order valence-corrected chi connectivity index (χ3v) is 3.66. The van der Waals surface area contributed by atoms with Crippen molar-refractivity contribution in [2.45, 2.75) is 33.1 Å². The summed E-state index contributed by atoms with van der Waals surface area (Å²) in [4.78, 5) is 24.4. The van der Waals surface area contributed by atoms with E-state index in [1.165, 1.54) is 0 Å². The SMILES string of the molecule is CC(C)CCNC(=O)C1(C(=O)Nc2ccccc2)CC1. The van der Waals surface area contributed by atoms with Crippen LogP contribution in [0.1, 0.15) is 33.1 Å². The first-order chi connectivity index (χ1) is 9.54. The van der Waals surface area contributed by atoms with Crippen molar-refractivity contribution in [1.29, 1.82) is 0 Å². The molecule has 1 aliphatic carbocycles. The summed E-state index contributed by atoms with van der Waals surface area (Å²) in [5.41, 5.74) is -0.105. The average Bonchev–Trinajstić information content (AvgIpc) is 3.21. The molecule has 1 aromatic carbocycles. The van der Waals surface area contributed by atoms with Crippen molar-refractivity contribution in [3.63, 3.8) is 0 Å². The zero-order valence-corrected chi connectivity index (χ0v) is 12.1. The maximum atomic E-state index is 12.3. The highest BCUT2D eigenvalue weighted by Crippen LogP contribution is 2.46. The van der Waals surface area contributed by atoms with Gasteiger partial charge in [0.2, 0.25) is 11.8 Å². The van der Waals surface area contributed by atoms with Gasteiger partial charge in [-0.3, -0.25) is 9.59 Å². The molecule has 1 aromatic rings. The number of hydrogen-bond acceptors (Lipinski definition) is 2. The minimum absolute atomic E-state index is 0.133. The van der Waals surface area contributed by atoms with E-state index >= 15 is 0 Å². The van der Waals surface area contributed by atoms with Gasteiger partial charge < -0.3 is 10.6 Å². The lowest BCUT2D eigenvalue weighted by atomic mass is 10.0. The molecular formula is C16H22N2O2. The van der Waals surface area contributed by atoms with Crippen LogP contribution in [0.2, 0.25) is 0 Å². The zero-order valence-electron chi connectivity index (χ0n) is 12.1. The first-order valence-electron chi connectivity index (χ1n) is 7.19. The van der Waals surface area contributed by atoms with E-state index in [4.69, 9.17) is 0 Å². The van der Waals surface area contributed by atoms with E-state index in [1.807, 2.05) is 30.3 Å². The number of rotatable bonds is 6. The predicted molar refractivity (Wildman–Crippen MR) is 79.2 cm³/mol. The Balaban J connectivity index is 1.90. The number of anilines is 1. The monoisotopic (exact) mass is 274 g/mol. The van der Waals surface area contributed by atoms with Crippen LogP contribution in [-0.4, -0.2) is 18.4 Å². The van der Waals surface area contributed by atoms with Crippen LogP contribution in [0.15, 0.2) is 30.3 Å². The third kappa shape index (κ3) is 3.38. The number of para-hydroxylation sites is 1. The number of carbonyl (C=O) groups is 2. The molecule has 0 spiro atoms. The summed E-state index contributed by atoms with van der Waals surface area (Å²) in [6.45, 7) is 4.86. The Morgan fingerprint density at radius 3 is 2.35 bits per heavy atom. The van der Waals surface area contributed by atoms with Gasteiger partial charge in [-0.05, 0) is 37.3 Å². The Hall–Kier alpha value is -1.84. The first-order valence-corrected chi connectivity index (χ1v) is 7.19. The van der Waals surface area contributed by atoms with Crippen molar-refractivity contribution in [3.05, 3.63) is 30.3 Å². The van der Waals surface area contributed by atoms with Crippen LogP contribution in [0.4, 0.5) is 5.69 Å². The first kappa shape index (κ1) is 14.6. The van der Waals surface area contributed by atoms with Crippen molar-refractivity contribution < 1.29 is 9.59 Å². The van der Waals surface area contributed by atoms with Gasteiger partial charge in [-0.2, -0.15) is 0 Å². The molecule has 0 unspecified atom stereocenters. The number of nitrogens with one attached hydrogen (secondary N) is 2. The second-order valence-corrected chi connectivity index (χ2v) is 5.84. The van der Waals surface area contributed by atoms with E-state index in [0.29, 0.717) is 25.3 Å². The molecule has 1 fully saturated rings. The van der Waals surface area contributed by atoms with Crippen LogP contribution in [0.5, 0.6) is 0 Å². The average molecular weight is 274 g/mol. The van der Waals surface area contributed by atoms with E-state index in [1.54, 1.807) is 0 Å². The highest BCUT2D eigenvalue weighted by molar-refractivity contribution is 6.13. The Morgan fingerprint density at radius 1 is 1.15 bits per heavy atom. The van der Waals surface area contributed by atoms with Crippen molar-refractivity contribution in [2.24, 2.45) is 11.3 Å². The number of hydrogen-bond donors (Lipinski definition) is 2. The maximum absolute atomic E-state index is 12.3. The molecule has 4 heteroatoms. The van der Waals surface area contributed by atoms with Crippen LogP contribution in [0.3, 0.4) is 0 Å². The van der Waals surface area contributed by atoms with Gasteiger partial charge in [-0.15, -0.1) is 0 Å². The topological polar surface area (TPSA) is 58.2 Å². The van der Waals surface area contributed by atoms with E-state index < -0.39 is 5.41 Å². The van der Waals surface area contributed by atoms with Crippen molar-refractivity contribution in [3.8, 4) is 0 Å². The largest absolute Gasteiger partial charge is 0.355 e. The second kappa shape index (κ2) is 6.07. The van der Waals surface area contributed by atoms with Crippen molar-refractivity contribution in [1.82, 2.24) is 5.32 Å². The Labute approximate surface area is 119 Å². The molecule has 0 aliphatic heterocycles. The predicted octanol–water partition coefficient (Wildman–Crippen LogP) is 2.57. The summed E-state index contributed by atoms with van der Waals surface area (Å²) >= 11 is 0. The minimum atomic E-state index is -0.840. The molecule has 2 N–H and O–H groups in total. The molecule has 0 bridgehead atoms. The summed E-state index contributed by atoms with van der Waals surface area (Å²) in [7, 11) is 0. The van der Waals surface area contributed by atoms with Crippen LogP contribution in [-0.2, 0) is 9.59 Å². The highest BCUT2D eigenvalue weighted by atomic mass is 16.2. The van der Waals surface area contributed by atoms with Gasteiger partial charge in [-0.1, -0.05) is 32.0 Å². The molecule has 2 rings (SSSR count). The Kier molecular flexibility index (Phi) is 4.42. The molecule has 0 aromatic heterocycles. The Bertz CT molecular complexity index is 479. The number of amides is 2. The van der Waals surface area contributed by atoms with Crippen LogP contribution in [0, 0.1) is 11.3 Å². The fraction of sp³-hybridized carbons (Fsp3) is 0.500. The van der Waals surface area contributed by atoms with E-state index in [2.05, 4.69) is 24.5 Å². The minimum Gasteiger partial charge on any atom is -0.355 e. The maximum Gasteiger partial charge on any atom is 0.240 e. The summed E-state index contributed by atoms with van der Waals surface area (Å²) < 4.78 is 0. The number of carbonyl (C=O) groups excluding carboxylic acids is 2. The van der Waals surface area contributed by atoms with Crippen LogP contribution in [0.25, 0.3) is 0 Å². The van der Waals surface area contributed by atoms with E-state index in [9.17, 15) is 9.59 Å². The highest BCUT2D eigenvalue weighted by Gasteiger charge is 2.56. The smallest absolute Gasteiger partial charge is 0.240 e. The lowest BCUT2D eigenvalue weighted by Crippen LogP contribution is -2.40. The van der Waals surface area contributed by atoms with Gasteiger partial charge >= 0.3 is 0 Å². The molecule has 20 heavy (non-hydrogen) atoms. The molecule has 2 amide bonds. The summed E-state index contributed by atoms with van der Waals surface area (Å²) in [6.07, 6.45) is 2.21. The molecule has 108 valence electrons. The summed E-state index contributed by atoms with van der Waals surface area (Å²) in [5, 5.41) is 5.71.